The van der Waals surface area contributed by atoms with Gasteiger partial charge < -0.3 is 8.98 Å². The first-order valence-electron chi connectivity index (χ1n) is 7.40. The Labute approximate surface area is 144 Å². The van der Waals surface area contributed by atoms with Crippen molar-refractivity contribution in [2.45, 2.75) is 0 Å². The van der Waals surface area contributed by atoms with E-state index in [9.17, 15) is 14.0 Å². The van der Waals surface area contributed by atoms with Crippen LogP contribution < -0.4 is 10.4 Å². The monoisotopic (exact) mass is 354 g/mol. The van der Waals surface area contributed by atoms with E-state index in [0.29, 0.717) is 26.0 Å². The number of amides is 1. The molecule has 2 aromatic carbocycles. The molecular weight excluding hydrogens is 343 g/mol. The molecule has 4 rings (SSSR count). The Morgan fingerprint density at radius 3 is 2.80 bits per heavy atom. The predicted octanol–water partition coefficient (Wildman–Crippen LogP) is 3.23. The van der Waals surface area contributed by atoms with Gasteiger partial charge in [-0.05, 0) is 24.3 Å². The number of carbonyl (C=O) groups is 1. The Morgan fingerprint density at radius 2 is 2.00 bits per heavy atom. The van der Waals surface area contributed by atoms with E-state index in [-0.39, 0.29) is 5.56 Å². The fourth-order valence-corrected chi connectivity index (χ4v) is 3.65. The van der Waals surface area contributed by atoms with Crippen LogP contribution in [0.25, 0.3) is 21.2 Å². The first-order valence-corrected chi connectivity index (χ1v) is 8.22. The molecule has 124 valence electrons. The van der Waals surface area contributed by atoms with E-state index in [1.807, 2.05) is 0 Å². The standard InChI is InChI=1S/C18H11FN2O3S/c1-21-15-12(19)6-4-8-14(15)25-18(21)20-16(22)11-9-10-5-2-3-7-13(10)24-17(11)23/h2-9H,1H3. The maximum absolute atomic E-state index is 14.0. The molecule has 0 aliphatic carbocycles. The summed E-state index contributed by atoms with van der Waals surface area (Å²) in [6.45, 7) is 0. The zero-order valence-corrected chi connectivity index (χ0v) is 13.8. The molecular formula is C18H11FN2O3S. The van der Waals surface area contributed by atoms with Crippen molar-refractivity contribution in [3.63, 3.8) is 0 Å². The van der Waals surface area contributed by atoms with Crippen LogP contribution in [-0.2, 0) is 7.05 Å². The minimum atomic E-state index is -0.748. The Bertz CT molecular complexity index is 1270. The molecule has 0 spiro atoms. The van der Waals surface area contributed by atoms with Gasteiger partial charge in [0.1, 0.15) is 17.0 Å². The largest absolute Gasteiger partial charge is 0.422 e. The highest BCUT2D eigenvalue weighted by molar-refractivity contribution is 7.16. The summed E-state index contributed by atoms with van der Waals surface area (Å²) in [5.74, 6) is -1.11. The van der Waals surface area contributed by atoms with Gasteiger partial charge in [0.15, 0.2) is 4.80 Å². The zero-order chi connectivity index (χ0) is 17.6. The molecule has 2 heterocycles. The van der Waals surface area contributed by atoms with Gasteiger partial charge >= 0.3 is 5.63 Å². The van der Waals surface area contributed by atoms with Crippen molar-refractivity contribution in [1.82, 2.24) is 4.57 Å². The van der Waals surface area contributed by atoms with E-state index < -0.39 is 17.3 Å². The molecule has 5 nitrogen and oxygen atoms in total. The van der Waals surface area contributed by atoms with Crippen LogP contribution in [0.2, 0.25) is 0 Å². The maximum Gasteiger partial charge on any atom is 0.349 e. The van der Waals surface area contributed by atoms with Gasteiger partial charge in [-0.2, -0.15) is 4.99 Å². The molecule has 0 fully saturated rings. The van der Waals surface area contributed by atoms with Crippen molar-refractivity contribution in [3.05, 3.63) is 75.1 Å². The van der Waals surface area contributed by atoms with Gasteiger partial charge in [0, 0.05) is 12.4 Å². The van der Waals surface area contributed by atoms with Crippen LogP contribution in [0.1, 0.15) is 10.4 Å². The van der Waals surface area contributed by atoms with Crippen molar-refractivity contribution >= 4 is 38.4 Å². The number of thiazole rings is 1. The molecule has 0 radical (unpaired) electrons. The predicted molar refractivity (Wildman–Crippen MR) is 93.1 cm³/mol. The van der Waals surface area contributed by atoms with E-state index in [0.717, 1.165) is 0 Å². The first-order chi connectivity index (χ1) is 12.0. The lowest BCUT2D eigenvalue weighted by Gasteiger charge is -1.99. The Morgan fingerprint density at radius 1 is 1.20 bits per heavy atom. The average Bonchev–Trinajstić information content (AvgIpc) is 2.91. The summed E-state index contributed by atoms with van der Waals surface area (Å²) >= 11 is 1.17. The van der Waals surface area contributed by atoms with Crippen LogP contribution in [-0.4, -0.2) is 10.5 Å². The highest BCUT2D eigenvalue weighted by Crippen LogP contribution is 2.19. The molecule has 1 amide bonds. The van der Waals surface area contributed by atoms with Crippen LogP contribution in [0.4, 0.5) is 4.39 Å². The number of benzene rings is 2. The lowest BCUT2D eigenvalue weighted by Crippen LogP contribution is -2.18. The van der Waals surface area contributed by atoms with Crippen molar-refractivity contribution < 1.29 is 13.6 Å². The van der Waals surface area contributed by atoms with E-state index >= 15 is 0 Å². The summed E-state index contributed by atoms with van der Waals surface area (Å²) in [5, 5.41) is 0.632. The third kappa shape index (κ3) is 2.58. The molecule has 0 bridgehead atoms. The van der Waals surface area contributed by atoms with Gasteiger partial charge in [-0.15, -0.1) is 0 Å². The summed E-state index contributed by atoms with van der Waals surface area (Å²) in [7, 11) is 1.62. The third-order valence-electron chi connectivity index (χ3n) is 3.84. The minimum Gasteiger partial charge on any atom is -0.422 e. The Hall–Kier alpha value is -3.06. The minimum absolute atomic E-state index is 0.156. The molecule has 25 heavy (non-hydrogen) atoms. The summed E-state index contributed by atoms with van der Waals surface area (Å²) < 4.78 is 21.3. The molecule has 0 atom stereocenters. The number of hydrogen-bond acceptors (Lipinski definition) is 4. The number of para-hydroxylation sites is 2. The van der Waals surface area contributed by atoms with Crippen LogP contribution in [0.3, 0.4) is 0 Å². The normalized spacial score (nSPS) is 12.2. The maximum atomic E-state index is 14.0. The molecule has 0 saturated carbocycles. The molecule has 7 heteroatoms. The first kappa shape index (κ1) is 15.5. The van der Waals surface area contributed by atoms with Gasteiger partial charge in [-0.1, -0.05) is 35.6 Å². The van der Waals surface area contributed by atoms with Crippen molar-refractivity contribution in [3.8, 4) is 0 Å². The lowest BCUT2D eigenvalue weighted by molar-refractivity contribution is 0.0994. The van der Waals surface area contributed by atoms with E-state index in [2.05, 4.69) is 4.99 Å². The Balaban J connectivity index is 1.89. The van der Waals surface area contributed by atoms with Crippen molar-refractivity contribution in [1.29, 1.82) is 0 Å². The molecule has 0 unspecified atom stereocenters. The molecule has 2 aromatic heterocycles. The molecule has 0 aliphatic heterocycles. The topological polar surface area (TPSA) is 64.6 Å². The molecule has 0 aliphatic rings. The second kappa shape index (κ2) is 5.78. The van der Waals surface area contributed by atoms with E-state index in [1.54, 1.807) is 43.4 Å². The van der Waals surface area contributed by atoms with Crippen LogP contribution in [0.15, 0.2) is 62.7 Å². The number of halogens is 1. The van der Waals surface area contributed by atoms with Gasteiger partial charge in [0.25, 0.3) is 5.91 Å². The van der Waals surface area contributed by atoms with Crippen LogP contribution >= 0.6 is 11.3 Å². The molecule has 0 N–H and O–H groups in total. The quantitative estimate of drug-likeness (QED) is 0.493. The fourth-order valence-electron chi connectivity index (χ4n) is 2.62. The number of nitrogens with zero attached hydrogens (tertiary/aromatic N) is 2. The fraction of sp³-hybridized carbons (Fsp3) is 0.0556. The number of hydrogen-bond donors (Lipinski definition) is 0. The third-order valence-corrected chi connectivity index (χ3v) is 4.94. The molecule has 4 aromatic rings. The zero-order valence-electron chi connectivity index (χ0n) is 13.0. The van der Waals surface area contributed by atoms with Crippen molar-refractivity contribution in [2.75, 3.05) is 0 Å². The number of aryl methyl sites for hydroxylation is 1. The van der Waals surface area contributed by atoms with E-state index in [4.69, 9.17) is 4.42 Å². The van der Waals surface area contributed by atoms with Crippen LogP contribution in [0, 0.1) is 5.82 Å². The summed E-state index contributed by atoms with van der Waals surface area (Å²) in [5.41, 5.74) is -0.137. The number of fused-ring (bicyclic) bond motifs is 2. The lowest BCUT2D eigenvalue weighted by atomic mass is 10.2. The highest BCUT2D eigenvalue weighted by Gasteiger charge is 2.14. The smallest absolute Gasteiger partial charge is 0.349 e. The van der Waals surface area contributed by atoms with Gasteiger partial charge in [0.2, 0.25) is 0 Å². The van der Waals surface area contributed by atoms with E-state index in [1.165, 1.54) is 28.0 Å². The second-order valence-corrected chi connectivity index (χ2v) is 6.44. The SMILES string of the molecule is Cn1c(=NC(=O)c2cc3ccccc3oc2=O)sc2cccc(F)c21. The number of aromatic nitrogens is 1. The number of carbonyl (C=O) groups excluding carboxylic acids is 1. The van der Waals surface area contributed by atoms with Crippen molar-refractivity contribution in [2.24, 2.45) is 12.0 Å². The van der Waals surface area contributed by atoms with Gasteiger partial charge in [-0.25, -0.2) is 9.18 Å². The molecule has 0 saturated heterocycles. The second-order valence-electron chi connectivity index (χ2n) is 5.43. The van der Waals surface area contributed by atoms with Gasteiger partial charge in [0.05, 0.1) is 10.2 Å². The van der Waals surface area contributed by atoms with Gasteiger partial charge in [-0.3, -0.25) is 4.79 Å². The van der Waals surface area contributed by atoms with Crippen LogP contribution in [0.5, 0.6) is 0 Å². The Kier molecular flexibility index (Phi) is 3.58. The average molecular weight is 354 g/mol. The summed E-state index contributed by atoms with van der Waals surface area (Å²) in [6.07, 6.45) is 0. The number of rotatable bonds is 1. The highest BCUT2D eigenvalue weighted by atomic mass is 32.1. The summed E-state index contributed by atoms with van der Waals surface area (Å²) in [4.78, 5) is 28.8. The summed E-state index contributed by atoms with van der Waals surface area (Å²) in [6, 6.07) is 13.1.